The first-order chi connectivity index (χ1) is 10.9. The number of benzene rings is 1. The van der Waals surface area contributed by atoms with Crippen LogP contribution in [0.3, 0.4) is 0 Å². The van der Waals surface area contributed by atoms with Crippen LogP contribution in [-0.4, -0.2) is 30.0 Å². The van der Waals surface area contributed by atoms with Crippen molar-refractivity contribution in [3.05, 3.63) is 40.8 Å². The van der Waals surface area contributed by atoms with E-state index in [0.717, 1.165) is 23.5 Å². The van der Waals surface area contributed by atoms with Gasteiger partial charge >= 0.3 is 6.09 Å². The Morgan fingerprint density at radius 3 is 2.70 bits per heavy atom. The Balaban J connectivity index is 2.53. The van der Waals surface area contributed by atoms with Crippen molar-refractivity contribution in [2.45, 2.75) is 50.2 Å². The number of rotatable bonds is 8. The van der Waals surface area contributed by atoms with Gasteiger partial charge in [-0.3, -0.25) is 0 Å². The highest BCUT2D eigenvalue weighted by atomic mass is 32.2. The molecule has 1 aromatic carbocycles. The average molecular weight is 336 g/mol. The van der Waals surface area contributed by atoms with Crippen molar-refractivity contribution in [3.63, 3.8) is 0 Å². The maximum absolute atomic E-state index is 11.9. The van der Waals surface area contributed by atoms with Gasteiger partial charge < -0.3 is 10.1 Å². The Hall–Kier alpha value is -1.85. The van der Waals surface area contributed by atoms with Gasteiger partial charge in [-0.15, -0.1) is 11.8 Å². The van der Waals surface area contributed by atoms with Crippen molar-refractivity contribution < 1.29 is 9.53 Å². The standard InChI is InChI=1S/C16H24N4O2S/c1-16(2,3)22-15(21)19-13(8-7-11-18-20-17)12-23-14-9-5-4-6-10-14/h4-6,9-10,13H,7-8,11-12H2,1-3H3,(H,19,21). The van der Waals surface area contributed by atoms with Crippen LogP contribution in [0.25, 0.3) is 10.4 Å². The second-order valence-electron chi connectivity index (χ2n) is 6.06. The second-order valence-corrected chi connectivity index (χ2v) is 7.16. The summed E-state index contributed by atoms with van der Waals surface area (Å²) in [6.45, 7) is 5.94. The van der Waals surface area contributed by atoms with Crippen LogP contribution in [0.4, 0.5) is 4.79 Å². The minimum absolute atomic E-state index is 0.0380. The van der Waals surface area contributed by atoms with E-state index in [0.29, 0.717) is 6.54 Å². The summed E-state index contributed by atoms with van der Waals surface area (Å²) >= 11 is 1.68. The van der Waals surface area contributed by atoms with Gasteiger partial charge in [-0.2, -0.15) is 0 Å². The Morgan fingerprint density at radius 2 is 2.09 bits per heavy atom. The van der Waals surface area contributed by atoms with Crippen LogP contribution in [0.2, 0.25) is 0 Å². The van der Waals surface area contributed by atoms with E-state index >= 15 is 0 Å². The lowest BCUT2D eigenvalue weighted by atomic mass is 10.2. The summed E-state index contributed by atoms with van der Waals surface area (Å²) in [6.07, 6.45) is 1.04. The Kier molecular flexibility index (Phi) is 8.37. The van der Waals surface area contributed by atoms with Gasteiger partial charge in [0.1, 0.15) is 5.60 Å². The van der Waals surface area contributed by atoms with E-state index in [9.17, 15) is 4.79 Å². The molecule has 0 saturated heterocycles. The number of azide groups is 1. The van der Waals surface area contributed by atoms with Crippen LogP contribution in [0.1, 0.15) is 33.6 Å². The van der Waals surface area contributed by atoms with Crippen molar-refractivity contribution in [1.82, 2.24) is 5.32 Å². The largest absolute Gasteiger partial charge is 0.444 e. The predicted molar refractivity (Wildman–Crippen MR) is 93.6 cm³/mol. The first kappa shape index (κ1) is 19.2. The van der Waals surface area contributed by atoms with Crippen molar-refractivity contribution in [2.75, 3.05) is 12.3 Å². The molecule has 0 radical (unpaired) electrons. The number of hydrogen-bond acceptors (Lipinski definition) is 4. The molecule has 0 aliphatic rings. The van der Waals surface area contributed by atoms with Crippen molar-refractivity contribution in [1.29, 1.82) is 0 Å². The number of amides is 1. The van der Waals surface area contributed by atoms with E-state index < -0.39 is 11.7 Å². The number of nitrogens with zero attached hydrogens (tertiary/aromatic N) is 3. The van der Waals surface area contributed by atoms with Gasteiger partial charge in [0.05, 0.1) is 0 Å². The summed E-state index contributed by atoms with van der Waals surface area (Å²) in [5, 5.41) is 6.43. The number of carbonyl (C=O) groups excluding carboxylic acids is 1. The molecule has 0 aliphatic heterocycles. The average Bonchev–Trinajstić information content (AvgIpc) is 2.48. The molecule has 0 saturated carbocycles. The fourth-order valence-electron chi connectivity index (χ4n) is 1.84. The van der Waals surface area contributed by atoms with Gasteiger partial charge in [-0.1, -0.05) is 23.3 Å². The van der Waals surface area contributed by atoms with E-state index in [1.54, 1.807) is 11.8 Å². The van der Waals surface area contributed by atoms with Crippen LogP contribution in [0, 0.1) is 0 Å². The monoisotopic (exact) mass is 336 g/mol. The lowest BCUT2D eigenvalue weighted by Crippen LogP contribution is -2.40. The molecule has 1 rings (SSSR count). The van der Waals surface area contributed by atoms with E-state index in [1.165, 1.54) is 0 Å². The van der Waals surface area contributed by atoms with Crippen molar-refractivity contribution in [2.24, 2.45) is 5.11 Å². The number of alkyl carbamates (subject to hydrolysis) is 1. The maximum atomic E-state index is 11.9. The van der Waals surface area contributed by atoms with E-state index in [4.69, 9.17) is 10.3 Å². The Morgan fingerprint density at radius 1 is 1.39 bits per heavy atom. The molecule has 1 unspecified atom stereocenters. The number of thioether (sulfide) groups is 1. The molecule has 0 aromatic heterocycles. The van der Waals surface area contributed by atoms with Crippen LogP contribution in [0.5, 0.6) is 0 Å². The molecular weight excluding hydrogens is 312 g/mol. The van der Waals surface area contributed by atoms with Crippen LogP contribution in [0.15, 0.2) is 40.3 Å². The highest BCUT2D eigenvalue weighted by molar-refractivity contribution is 7.99. The summed E-state index contributed by atoms with van der Waals surface area (Å²) in [4.78, 5) is 15.8. The number of carbonyl (C=O) groups is 1. The molecule has 7 heteroatoms. The first-order valence-electron chi connectivity index (χ1n) is 7.59. The van der Waals surface area contributed by atoms with Gasteiger partial charge in [0, 0.05) is 28.1 Å². The summed E-state index contributed by atoms with van der Waals surface area (Å²) in [7, 11) is 0. The number of hydrogen-bond donors (Lipinski definition) is 1. The Labute approximate surface area is 141 Å². The quantitative estimate of drug-likeness (QED) is 0.244. The van der Waals surface area contributed by atoms with Crippen LogP contribution >= 0.6 is 11.8 Å². The molecule has 0 fully saturated rings. The minimum atomic E-state index is -0.522. The van der Waals surface area contributed by atoms with E-state index in [-0.39, 0.29) is 6.04 Å². The minimum Gasteiger partial charge on any atom is -0.444 e. The lowest BCUT2D eigenvalue weighted by Gasteiger charge is -2.23. The lowest BCUT2D eigenvalue weighted by molar-refractivity contribution is 0.0507. The van der Waals surface area contributed by atoms with Gasteiger partial charge in [0.15, 0.2) is 0 Å². The summed E-state index contributed by atoms with van der Waals surface area (Å²) in [5.74, 6) is 0.736. The highest BCUT2D eigenvalue weighted by Gasteiger charge is 2.19. The Bertz CT molecular complexity index is 525. The third-order valence-electron chi connectivity index (χ3n) is 2.79. The predicted octanol–water partition coefficient (Wildman–Crippen LogP) is 4.76. The fourth-order valence-corrected chi connectivity index (χ4v) is 2.83. The SMILES string of the molecule is CC(C)(C)OC(=O)NC(CCCN=[N+]=[N-])CSc1ccccc1. The van der Waals surface area contributed by atoms with E-state index in [1.807, 2.05) is 51.1 Å². The summed E-state index contributed by atoms with van der Waals surface area (Å²) in [6, 6.07) is 9.98. The van der Waals surface area contributed by atoms with E-state index in [2.05, 4.69) is 15.3 Å². The molecule has 0 aliphatic carbocycles. The molecule has 1 amide bonds. The second kappa shape index (κ2) is 10.0. The molecular formula is C16H24N4O2S. The van der Waals surface area contributed by atoms with Gasteiger partial charge in [-0.25, -0.2) is 4.79 Å². The van der Waals surface area contributed by atoms with Crippen LogP contribution < -0.4 is 5.32 Å². The van der Waals surface area contributed by atoms with Crippen molar-refractivity contribution >= 4 is 17.9 Å². The molecule has 23 heavy (non-hydrogen) atoms. The maximum Gasteiger partial charge on any atom is 0.407 e. The number of nitrogens with one attached hydrogen (secondary N) is 1. The molecule has 0 heterocycles. The van der Waals surface area contributed by atoms with Gasteiger partial charge in [-0.05, 0) is 51.3 Å². The third-order valence-corrected chi connectivity index (χ3v) is 3.96. The normalized spacial score (nSPS) is 12.1. The molecule has 1 aromatic rings. The molecule has 6 nitrogen and oxygen atoms in total. The molecule has 1 N–H and O–H groups in total. The highest BCUT2D eigenvalue weighted by Crippen LogP contribution is 2.19. The zero-order valence-corrected chi connectivity index (χ0v) is 14.7. The smallest absolute Gasteiger partial charge is 0.407 e. The third kappa shape index (κ3) is 9.71. The molecule has 0 spiro atoms. The summed E-state index contributed by atoms with van der Waals surface area (Å²) < 4.78 is 5.31. The zero-order valence-electron chi connectivity index (χ0n) is 13.9. The van der Waals surface area contributed by atoms with Gasteiger partial charge in [0.2, 0.25) is 0 Å². The van der Waals surface area contributed by atoms with Crippen LogP contribution in [-0.2, 0) is 4.74 Å². The molecule has 1 atom stereocenters. The first-order valence-corrected chi connectivity index (χ1v) is 8.57. The molecule has 126 valence electrons. The topological polar surface area (TPSA) is 87.1 Å². The summed E-state index contributed by atoms with van der Waals surface area (Å²) in [5.41, 5.74) is 7.80. The van der Waals surface area contributed by atoms with Crippen molar-refractivity contribution in [3.8, 4) is 0 Å². The number of ether oxygens (including phenoxy) is 1. The zero-order chi connectivity index (χ0) is 17.1. The van der Waals surface area contributed by atoms with Gasteiger partial charge in [0.25, 0.3) is 0 Å². The molecule has 0 bridgehead atoms. The fraction of sp³-hybridized carbons (Fsp3) is 0.562.